The quantitative estimate of drug-likeness (QED) is 0.369. The number of aryl methyl sites for hydroxylation is 1. The number of ether oxygens (including phenoxy) is 1. The number of aromatic nitrogens is 4. The number of hydrogen-bond acceptors (Lipinski definition) is 6. The molecule has 0 saturated carbocycles. The van der Waals surface area contributed by atoms with E-state index in [0.29, 0.717) is 28.9 Å². The molecule has 0 aliphatic rings. The Morgan fingerprint density at radius 3 is 2.54 bits per heavy atom. The third kappa shape index (κ3) is 5.61. The lowest BCUT2D eigenvalue weighted by Gasteiger charge is -2.35. The summed E-state index contributed by atoms with van der Waals surface area (Å²) in [5.41, 5.74) is 2.97. The molecular weight excluding hydrogens is 468 g/mol. The number of rotatable bonds is 9. The maximum absolute atomic E-state index is 14.2. The van der Waals surface area contributed by atoms with Crippen LogP contribution in [0.3, 0.4) is 0 Å². The van der Waals surface area contributed by atoms with Gasteiger partial charge in [0.1, 0.15) is 23.9 Å². The largest absolute Gasteiger partial charge is 0.495 e. The molecule has 192 valence electrons. The SMILES string of the molecule is CCC(C)(C)NC(=O)C(c1ccncc1)N(C(=O)Cn1nnc2ccccc21)c1cc(C)ccc1OC. The predicted molar refractivity (Wildman–Crippen MR) is 142 cm³/mol. The highest BCUT2D eigenvalue weighted by Crippen LogP contribution is 2.36. The Labute approximate surface area is 216 Å². The molecular formula is C28H32N6O3. The molecule has 1 N–H and O–H groups in total. The number of carbonyl (C=O) groups excluding carboxylic acids is 2. The van der Waals surface area contributed by atoms with Gasteiger partial charge in [0.2, 0.25) is 11.8 Å². The van der Waals surface area contributed by atoms with Crippen LogP contribution in [-0.2, 0) is 16.1 Å². The van der Waals surface area contributed by atoms with Gasteiger partial charge >= 0.3 is 0 Å². The zero-order valence-corrected chi connectivity index (χ0v) is 21.8. The molecule has 1 unspecified atom stereocenters. The van der Waals surface area contributed by atoms with Crippen LogP contribution in [0.15, 0.2) is 67.0 Å². The third-order valence-electron chi connectivity index (χ3n) is 6.44. The summed E-state index contributed by atoms with van der Waals surface area (Å²) in [4.78, 5) is 33.7. The fraction of sp³-hybridized carbons (Fsp3) is 0.321. The molecule has 2 aromatic carbocycles. The number of para-hydroxylation sites is 1. The molecule has 2 aromatic heterocycles. The minimum absolute atomic E-state index is 0.121. The van der Waals surface area contributed by atoms with Crippen molar-refractivity contribution in [3.8, 4) is 5.75 Å². The Morgan fingerprint density at radius 1 is 1.11 bits per heavy atom. The Balaban J connectivity index is 1.87. The van der Waals surface area contributed by atoms with E-state index < -0.39 is 11.6 Å². The maximum atomic E-state index is 14.2. The second kappa shape index (κ2) is 10.8. The molecule has 2 heterocycles. The van der Waals surface area contributed by atoms with Crippen molar-refractivity contribution in [2.45, 2.75) is 52.2 Å². The van der Waals surface area contributed by atoms with Crippen LogP contribution in [-0.4, -0.2) is 44.4 Å². The lowest BCUT2D eigenvalue weighted by atomic mass is 9.98. The van der Waals surface area contributed by atoms with Crippen LogP contribution >= 0.6 is 0 Å². The lowest BCUT2D eigenvalue weighted by Crippen LogP contribution is -2.51. The van der Waals surface area contributed by atoms with Crippen molar-refractivity contribution in [1.29, 1.82) is 0 Å². The summed E-state index contributed by atoms with van der Waals surface area (Å²) in [6.45, 7) is 7.72. The van der Waals surface area contributed by atoms with Crippen LogP contribution in [0.1, 0.15) is 44.4 Å². The van der Waals surface area contributed by atoms with Gasteiger partial charge < -0.3 is 10.1 Å². The first-order chi connectivity index (χ1) is 17.7. The number of fused-ring (bicyclic) bond motifs is 1. The molecule has 9 heteroatoms. The molecule has 0 saturated heterocycles. The number of pyridine rings is 1. The molecule has 4 aromatic rings. The van der Waals surface area contributed by atoms with Gasteiger partial charge in [-0.3, -0.25) is 19.5 Å². The highest BCUT2D eigenvalue weighted by Gasteiger charge is 2.36. The van der Waals surface area contributed by atoms with E-state index in [2.05, 4.69) is 20.6 Å². The summed E-state index contributed by atoms with van der Waals surface area (Å²) in [5.74, 6) is -0.173. The van der Waals surface area contributed by atoms with E-state index in [1.54, 1.807) is 42.4 Å². The average Bonchev–Trinajstić information content (AvgIpc) is 3.30. The van der Waals surface area contributed by atoms with E-state index >= 15 is 0 Å². The summed E-state index contributed by atoms with van der Waals surface area (Å²) < 4.78 is 7.20. The van der Waals surface area contributed by atoms with Crippen LogP contribution < -0.4 is 15.0 Å². The lowest BCUT2D eigenvalue weighted by molar-refractivity contribution is -0.128. The molecule has 0 fully saturated rings. The first-order valence-electron chi connectivity index (χ1n) is 12.2. The zero-order valence-electron chi connectivity index (χ0n) is 21.8. The zero-order chi connectivity index (χ0) is 26.6. The molecule has 2 amide bonds. The van der Waals surface area contributed by atoms with Crippen LogP contribution in [0.5, 0.6) is 5.75 Å². The predicted octanol–water partition coefficient (Wildman–Crippen LogP) is 4.22. The topological polar surface area (TPSA) is 102 Å². The summed E-state index contributed by atoms with van der Waals surface area (Å²) in [7, 11) is 1.55. The van der Waals surface area contributed by atoms with Gasteiger partial charge in [-0.05, 0) is 74.7 Å². The standard InChI is InChI=1S/C28H32N6O3/c1-6-28(3,4)30-27(36)26(20-13-15-29-16-14-20)34(23-17-19(2)11-12-24(23)37-5)25(35)18-33-22-10-8-7-9-21(22)31-32-33/h7-17,26H,6,18H2,1-5H3,(H,30,36). The van der Waals surface area contributed by atoms with Gasteiger partial charge in [0.15, 0.2) is 0 Å². The van der Waals surface area contributed by atoms with Crippen LogP contribution in [0.25, 0.3) is 11.0 Å². The molecule has 9 nitrogen and oxygen atoms in total. The van der Waals surface area contributed by atoms with Crippen molar-refractivity contribution in [3.63, 3.8) is 0 Å². The second-order valence-electron chi connectivity index (χ2n) is 9.58. The highest BCUT2D eigenvalue weighted by molar-refractivity contribution is 6.02. The Bertz CT molecular complexity index is 1400. The van der Waals surface area contributed by atoms with E-state index in [0.717, 1.165) is 11.1 Å². The highest BCUT2D eigenvalue weighted by atomic mass is 16.5. The smallest absolute Gasteiger partial charge is 0.249 e. The van der Waals surface area contributed by atoms with Gasteiger partial charge in [-0.15, -0.1) is 5.10 Å². The third-order valence-corrected chi connectivity index (χ3v) is 6.44. The number of benzene rings is 2. The molecule has 4 rings (SSSR count). The minimum atomic E-state index is -0.980. The monoisotopic (exact) mass is 500 g/mol. The molecule has 1 atom stereocenters. The van der Waals surface area contributed by atoms with Crippen LogP contribution in [0.4, 0.5) is 5.69 Å². The van der Waals surface area contributed by atoms with Gasteiger partial charge in [0.05, 0.1) is 18.3 Å². The molecule has 0 aliphatic heterocycles. The molecule has 0 radical (unpaired) electrons. The van der Waals surface area contributed by atoms with E-state index in [1.165, 1.54) is 4.90 Å². The second-order valence-corrected chi connectivity index (χ2v) is 9.58. The number of hydrogen-bond donors (Lipinski definition) is 1. The van der Waals surface area contributed by atoms with Crippen molar-refractivity contribution >= 4 is 28.5 Å². The molecule has 0 aliphatic carbocycles. The summed E-state index contributed by atoms with van der Waals surface area (Å²) in [6, 6.07) is 15.5. The van der Waals surface area contributed by atoms with Crippen molar-refractivity contribution in [3.05, 3.63) is 78.1 Å². The minimum Gasteiger partial charge on any atom is -0.495 e. The van der Waals surface area contributed by atoms with E-state index in [9.17, 15) is 9.59 Å². The first kappa shape index (κ1) is 25.8. The number of nitrogens with one attached hydrogen (secondary N) is 1. The first-order valence-corrected chi connectivity index (χ1v) is 12.2. The van der Waals surface area contributed by atoms with E-state index in [4.69, 9.17) is 4.74 Å². The average molecular weight is 501 g/mol. The van der Waals surface area contributed by atoms with E-state index in [1.807, 2.05) is 64.1 Å². The normalized spacial score (nSPS) is 12.2. The van der Waals surface area contributed by atoms with Gasteiger partial charge in [0.25, 0.3) is 0 Å². The Morgan fingerprint density at radius 2 is 1.84 bits per heavy atom. The van der Waals surface area contributed by atoms with Crippen LogP contribution in [0.2, 0.25) is 0 Å². The van der Waals surface area contributed by atoms with Crippen molar-refractivity contribution in [2.75, 3.05) is 12.0 Å². The Hall–Kier alpha value is -4.27. The number of amides is 2. The molecule has 37 heavy (non-hydrogen) atoms. The number of anilines is 1. The van der Waals surface area contributed by atoms with Crippen molar-refractivity contribution in [2.24, 2.45) is 0 Å². The number of methoxy groups -OCH3 is 1. The van der Waals surface area contributed by atoms with Gasteiger partial charge in [-0.25, -0.2) is 4.68 Å². The van der Waals surface area contributed by atoms with Crippen molar-refractivity contribution < 1.29 is 14.3 Å². The maximum Gasteiger partial charge on any atom is 0.249 e. The Kier molecular flexibility index (Phi) is 7.52. The molecule has 0 bridgehead atoms. The van der Waals surface area contributed by atoms with Crippen LogP contribution in [0, 0.1) is 6.92 Å². The van der Waals surface area contributed by atoms with Gasteiger partial charge in [-0.1, -0.05) is 30.3 Å². The van der Waals surface area contributed by atoms with Gasteiger partial charge in [-0.2, -0.15) is 0 Å². The molecule has 0 spiro atoms. The summed E-state index contributed by atoms with van der Waals surface area (Å²) >= 11 is 0. The number of nitrogens with zero attached hydrogens (tertiary/aromatic N) is 5. The summed E-state index contributed by atoms with van der Waals surface area (Å²) in [6.07, 6.45) is 3.94. The van der Waals surface area contributed by atoms with Crippen molar-refractivity contribution in [1.82, 2.24) is 25.3 Å². The summed E-state index contributed by atoms with van der Waals surface area (Å²) in [5, 5.41) is 11.5. The van der Waals surface area contributed by atoms with E-state index in [-0.39, 0.29) is 18.4 Å². The number of carbonyl (C=O) groups is 2. The fourth-order valence-corrected chi connectivity index (χ4v) is 4.10. The fourth-order valence-electron chi connectivity index (χ4n) is 4.10. The van der Waals surface area contributed by atoms with Gasteiger partial charge in [0, 0.05) is 17.9 Å².